The summed E-state index contributed by atoms with van der Waals surface area (Å²) in [6.45, 7) is 0. The van der Waals surface area contributed by atoms with E-state index in [2.05, 4.69) is 20.0 Å². The first kappa shape index (κ1) is 23.3. The topological polar surface area (TPSA) is 92.2 Å². The lowest BCUT2D eigenvalue weighted by atomic mass is 10.0. The van der Waals surface area contributed by atoms with Gasteiger partial charge in [-0.15, -0.1) is 0 Å². The van der Waals surface area contributed by atoms with E-state index < -0.39 is 10.0 Å². The molecular weight excluding hydrogens is 504 g/mol. The molecule has 1 aromatic carbocycles. The Morgan fingerprint density at radius 1 is 1.03 bits per heavy atom. The molecule has 0 unspecified atom stereocenters. The van der Waals surface area contributed by atoms with E-state index in [4.69, 9.17) is 23.8 Å². The van der Waals surface area contributed by atoms with Crippen LogP contribution >= 0.6 is 23.8 Å². The highest BCUT2D eigenvalue weighted by Crippen LogP contribution is 2.42. The minimum Gasteiger partial charge on any atom is -0.351 e. The van der Waals surface area contributed by atoms with Crippen LogP contribution in [-0.4, -0.2) is 34.3 Å². The van der Waals surface area contributed by atoms with Gasteiger partial charge in [-0.3, -0.25) is 9.71 Å². The molecule has 0 amide bonds. The van der Waals surface area contributed by atoms with Gasteiger partial charge in [0.1, 0.15) is 11.9 Å². The molecule has 1 aliphatic rings. The number of anilines is 2. The Morgan fingerprint density at radius 2 is 1.83 bits per heavy atom. The molecule has 35 heavy (non-hydrogen) atoms. The molecular formula is C24H21ClN6O2S2. The van der Waals surface area contributed by atoms with E-state index in [1.54, 1.807) is 30.6 Å². The Kier molecular flexibility index (Phi) is 6.18. The Bertz CT molecular complexity index is 1460. The van der Waals surface area contributed by atoms with Crippen LogP contribution in [0.4, 0.5) is 11.4 Å². The number of nitrogens with one attached hydrogen (secondary N) is 2. The Morgan fingerprint density at radius 3 is 2.49 bits per heavy atom. The Hall–Kier alpha value is -3.47. The molecule has 1 saturated heterocycles. The highest BCUT2D eigenvalue weighted by molar-refractivity contribution is 7.92. The fourth-order valence-electron chi connectivity index (χ4n) is 4.19. The van der Waals surface area contributed by atoms with E-state index in [0.717, 1.165) is 29.1 Å². The third-order valence-electron chi connectivity index (χ3n) is 5.59. The van der Waals surface area contributed by atoms with Crippen molar-refractivity contribution in [3.8, 4) is 5.82 Å². The zero-order valence-corrected chi connectivity index (χ0v) is 20.9. The van der Waals surface area contributed by atoms with Crippen molar-refractivity contribution in [2.75, 3.05) is 15.9 Å². The number of pyridine rings is 2. The van der Waals surface area contributed by atoms with Gasteiger partial charge >= 0.3 is 0 Å². The second-order valence-electron chi connectivity index (χ2n) is 8.06. The number of sulfonamides is 1. The van der Waals surface area contributed by atoms with E-state index in [1.165, 1.54) is 0 Å². The molecule has 5 rings (SSSR count). The second kappa shape index (κ2) is 9.29. The Labute approximate surface area is 213 Å². The van der Waals surface area contributed by atoms with Gasteiger partial charge in [0.05, 0.1) is 23.0 Å². The quantitative estimate of drug-likeness (QED) is 0.359. The summed E-state index contributed by atoms with van der Waals surface area (Å²) in [5.41, 5.74) is 3.07. The predicted molar refractivity (Wildman–Crippen MR) is 141 cm³/mol. The maximum atomic E-state index is 11.6. The Balaban J connectivity index is 1.60. The summed E-state index contributed by atoms with van der Waals surface area (Å²) < 4.78 is 27.7. The van der Waals surface area contributed by atoms with Crippen molar-refractivity contribution in [1.29, 1.82) is 0 Å². The van der Waals surface area contributed by atoms with Crippen LogP contribution < -0.4 is 14.9 Å². The minimum atomic E-state index is -3.38. The number of thiocarbonyl (C=S) groups is 1. The van der Waals surface area contributed by atoms with Crippen LogP contribution in [0.15, 0.2) is 85.3 Å². The number of aromatic nitrogens is 3. The van der Waals surface area contributed by atoms with E-state index in [0.29, 0.717) is 15.8 Å². The first-order valence-electron chi connectivity index (χ1n) is 10.7. The van der Waals surface area contributed by atoms with Gasteiger partial charge in [0.25, 0.3) is 0 Å². The molecule has 0 bridgehead atoms. The largest absolute Gasteiger partial charge is 0.351 e. The lowest BCUT2D eigenvalue weighted by Crippen LogP contribution is -2.30. The molecule has 1 fully saturated rings. The molecule has 178 valence electrons. The average molecular weight is 525 g/mol. The molecule has 1 aliphatic heterocycles. The number of hydrogen-bond acceptors (Lipinski definition) is 5. The highest BCUT2D eigenvalue weighted by atomic mass is 35.5. The lowest BCUT2D eigenvalue weighted by Gasteiger charge is -2.29. The summed E-state index contributed by atoms with van der Waals surface area (Å²) in [4.78, 5) is 11.1. The average Bonchev–Trinajstić information content (AvgIpc) is 3.44. The van der Waals surface area contributed by atoms with Crippen molar-refractivity contribution in [3.05, 3.63) is 102 Å². The van der Waals surface area contributed by atoms with Crippen molar-refractivity contribution in [3.63, 3.8) is 0 Å². The number of nitrogens with zero attached hydrogens (tertiary/aromatic N) is 4. The minimum absolute atomic E-state index is 0.238. The van der Waals surface area contributed by atoms with Crippen LogP contribution in [0.5, 0.6) is 0 Å². The molecule has 8 nitrogen and oxygen atoms in total. The standard InChI is InChI=1S/C24H21ClN6O2S2/c1-35(32,33)29-17-8-10-18(11-9-17)31-23(22(28-24(31)34)19-5-2-3-13-26-19)20-6-4-14-30(20)21-12-7-16(25)15-27-21/h2-15,22-23,29H,1H3,(H,28,34)/t22-,23+/m1/s1. The number of rotatable bonds is 6. The molecule has 3 aromatic heterocycles. The fraction of sp³-hybridized carbons (Fsp3) is 0.125. The third-order valence-corrected chi connectivity index (χ3v) is 6.73. The zero-order valence-electron chi connectivity index (χ0n) is 18.5. The van der Waals surface area contributed by atoms with Gasteiger partial charge in [-0.05, 0) is 72.9 Å². The molecule has 2 atom stereocenters. The van der Waals surface area contributed by atoms with Gasteiger partial charge in [-0.25, -0.2) is 13.4 Å². The van der Waals surface area contributed by atoms with E-state index >= 15 is 0 Å². The molecule has 0 aliphatic carbocycles. The molecule has 2 N–H and O–H groups in total. The number of hydrogen-bond donors (Lipinski definition) is 2. The van der Waals surface area contributed by atoms with Crippen molar-refractivity contribution in [1.82, 2.24) is 19.9 Å². The number of halogens is 1. The van der Waals surface area contributed by atoms with E-state index in [9.17, 15) is 8.42 Å². The van der Waals surface area contributed by atoms with E-state index in [-0.39, 0.29) is 12.1 Å². The molecule has 0 radical (unpaired) electrons. The first-order chi connectivity index (χ1) is 16.8. The van der Waals surface area contributed by atoms with Crippen molar-refractivity contribution in [2.24, 2.45) is 0 Å². The van der Waals surface area contributed by atoms with Gasteiger partial charge in [0.2, 0.25) is 10.0 Å². The molecule has 0 saturated carbocycles. The second-order valence-corrected chi connectivity index (χ2v) is 10.6. The van der Waals surface area contributed by atoms with Gasteiger partial charge in [0, 0.05) is 35.7 Å². The SMILES string of the molecule is CS(=O)(=O)Nc1ccc(N2C(=S)N[C@H](c3ccccn3)[C@@H]2c2cccn2-c2ccc(Cl)cn2)cc1. The van der Waals surface area contributed by atoms with Crippen molar-refractivity contribution >= 4 is 50.3 Å². The smallest absolute Gasteiger partial charge is 0.229 e. The van der Waals surface area contributed by atoms with Gasteiger partial charge in [-0.1, -0.05) is 17.7 Å². The fourth-order valence-corrected chi connectivity index (χ4v) is 5.21. The maximum Gasteiger partial charge on any atom is 0.229 e. The number of benzene rings is 1. The van der Waals surface area contributed by atoms with Gasteiger partial charge in [0.15, 0.2) is 5.11 Å². The van der Waals surface area contributed by atoms with E-state index in [1.807, 2.05) is 64.2 Å². The van der Waals surface area contributed by atoms with Crippen LogP contribution in [0, 0.1) is 0 Å². The van der Waals surface area contributed by atoms with Crippen LogP contribution in [0.1, 0.15) is 23.5 Å². The third kappa shape index (κ3) is 4.86. The van der Waals surface area contributed by atoms with Crippen LogP contribution in [0.25, 0.3) is 5.82 Å². The molecule has 4 aromatic rings. The van der Waals surface area contributed by atoms with Crippen molar-refractivity contribution in [2.45, 2.75) is 12.1 Å². The first-order valence-corrected chi connectivity index (χ1v) is 13.4. The van der Waals surface area contributed by atoms with Gasteiger partial charge in [-0.2, -0.15) is 0 Å². The normalized spacial score (nSPS) is 17.9. The summed E-state index contributed by atoms with van der Waals surface area (Å²) in [6.07, 6.45) is 6.43. The summed E-state index contributed by atoms with van der Waals surface area (Å²) in [5, 5.41) is 4.52. The molecule has 11 heteroatoms. The summed E-state index contributed by atoms with van der Waals surface area (Å²) >= 11 is 11.8. The van der Waals surface area contributed by atoms with Crippen LogP contribution in [0.2, 0.25) is 5.02 Å². The molecule has 4 heterocycles. The zero-order chi connectivity index (χ0) is 24.6. The van der Waals surface area contributed by atoms with Crippen LogP contribution in [-0.2, 0) is 10.0 Å². The summed E-state index contributed by atoms with van der Waals surface area (Å²) in [7, 11) is -3.38. The van der Waals surface area contributed by atoms with Gasteiger partial charge < -0.3 is 14.8 Å². The summed E-state index contributed by atoms with van der Waals surface area (Å²) in [6, 6.07) is 20.0. The summed E-state index contributed by atoms with van der Waals surface area (Å²) in [5.74, 6) is 0.722. The predicted octanol–water partition coefficient (Wildman–Crippen LogP) is 4.47. The van der Waals surface area contributed by atoms with Crippen LogP contribution in [0.3, 0.4) is 0 Å². The monoisotopic (exact) mass is 524 g/mol. The maximum absolute atomic E-state index is 11.6. The highest BCUT2D eigenvalue weighted by Gasteiger charge is 2.42. The van der Waals surface area contributed by atoms with Crippen molar-refractivity contribution < 1.29 is 8.42 Å². The lowest BCUT2D eigenvalue weighted by molar-refractivity contribution is 0.548. The molecule has 0 spiro atoms.